The molecule has 1 N–H and O–H groups in total. The van der Waals surface area contributed by atoms with Gasteiger partial charge in [-0.2, -0.15) is 0 Å². The van der Waals surface area contributed by atoms with E-state index in [2.05, 4.69) is 23.9 Å². The van der Waals surface area contributed by atoms with Gasteiger partial charge in [-0.1, -0.05) is 6.92 Å². The van der Waals surface area contributed by atoms with Crippen molar-refractivity contribution in [2.24, 2.45) is 5.41 Å². The molecule has 0 spiro atoms. The van der Waals surface area contributed by atoms with E-state index in [9.17, 15) is 9.90 Å². The van der Waals surface area contributed by atoms with Gasteiger partial charge in [0.25, 0.3) is 0 Å². The maximum Gasteiger partial charge on any atom is 0.310 e. The van der Waals surface area contributed by atoms with Gasteiger partial charge in [-0.05, 0) is 53.8 Å². The topological polar surface area (TPSA) is 43.8 Å². The standard InChI is InChI=1S/C14H28N2O2/c1-6-13(2,12(17)18)10-16(5)11-14(15(3)4)8-7-9-14/h6-11H2,1-5H3,(H,17,18). The van der Waals surface area contributed by atoms with Crippen LogP contribution in [-0.4, -0.2) is 60.6 Å². The van der Waals surface area contributed by atoms with Crippen LogP contribution in [0.1, 0.15) is 39.5 Å². The third kappa shape index (κ3) is 3.04. The maximum absolute atomic E-state index is 11.3. The van der Waals surface area contributed by atoms with Crippen LogP contribution in [0.4, 0.5) is 0 Å². The van der Waals surface area contributed by atoms with Gasteiger partial charge < -0.3 is 14.9 Å². The molecular weight excluding hydrogens is 228 g/mol. The van der Waals surface area contributed by atoms with Crippen LogP contribution in [0.15, 0.2) is 0 Å². The number of carboxylic acid groups (broad SMARTS) is 1. The van der Waals surface area contributed by atoms with Gasteiger partial charge >= 0.3 is 5.97 Å². The Morgan fingerprint density at radius 2 is 1.89 bits per heavy atom. The Morgan fingerprint density at radius 1 is 1.33 bits per heavy atom. The number of aliphatic carboxylic acids is 1. The van der Waals surface area contributed by atoms with Crippen molar-refractivity contribution in [1.82, 2.24) is 9.80 Å². The molecule has 4 heteroatoms. The molecule has 0 amide bonds. The molecule has 1 atom stereocenters. The first-order valence-electron chi connectivity index (χ1n) is 6.85. The van der Waals surface area contributed by atoms with Crippen molar-refractivity contribution in [3.8, 4) is 0 Å². The fraction of sp³-hybridized carbons (Fsp3) is 0.929. The molecule has 0 radical (unpaired) electrons. The zero-order valence-corrected chi connectivity index (χ0v) is 12.5. The number of rotatable bonds is 7. The van der Waals surface area contributed by atoms with E-state index >= 15 is 0 Å². The van der Waals surface area contributed by atoms with Crippen LogP contribution >= 0.6 is 0 Å². The van der Waals surface area contributed by atoms with E-state index in [1.807, 2.05) is 20.9 Å². The minimum absolute atomic E-state index is 0.266. The molecule has 0 heterocycles. The second kappa shape index (κ2) is 5.57. The van der Waals surface area contributed by atoms with Crippen LogP contribution in [0.5, 0.6) is 0 Å². The molecule has 0 aromatic heterocycles. The normalized spacial score (nSPS) is 21.7. The van der Waals surface area contributed by atoms with Crippen molar-refractivity contribution >= 4 is 5.97 Å². The van der Waals surface area contributed by atoms with Crippen molar-refractivity contribution in [2.45, 2.75) is 45.1 Å². The van der Waals surface area contributed by atoms with Gasteiger partial charge in [0.15, 0.2) is 0 Å². The predicted octanol–water partition coefficient (Wildman–Crippen LogP) is 1.90. The van der Waals surface area contributed by atoms with E-state index in [-0.39, 0.29) is 5.54 Å². The summed E-state index contributed by atoms with van der Waals surface area (Å²) in [6.45, 7) is 5.37. The molecule has 0 aromatic carbocycles. The van der Waals surface area contributed by atoms with E-state index in [0.717, 1.165) is 6.54 Å². The molecule has 4 nitrogen and oxygen atoms in total. The van der Waals surface area contributed by atoms with Gasteiger partial charge in [-0.25, -0.2) is 0 Å². The minimum atomic E-state index is -0.690. The second-order valence-electron chi connectivity index (χ2n) is 6.36. The molecule has 1 saturated carbocycles. The SMILES string of the molecule is CCC(C)(CN(C)CC1(N(C)C)CCC1)C(=O)O. The quantitative estimate of drug-likeness (QED) is 0.755. The summed E-state index contributed by atoms with van der Waals surface area (Å²) < 4.78 is 0. The average Bonchev–Trinajstić information content (AvgIpc) is 2.22. The van der Waals surface area contributed by atoms with E-state index in [0.29, 0.717) is 13.0 Å². The smallest absolute Gasteiger partial charge is 0.310 e. The number of likely N-dealkylation sites (N-methyl/N-ethyl adjacent to an activating group) is 2. The molecule has 106 valence electrons. The largest absolute Gasteiger partial charge is 0.481 e. The molecule has 0 saturated heterocycles. The summed E-state index contributed by atoms with van der Waals surface area (Å²) in [5.41, 5.74) is -0.367. The first-order valence-corrected chi connectivity index (χ1v) is 6.85. The summed E-state index contributed by atoms with van der Waals surface area (Å²) in [6, 6.07) is 0. The molecule has 1 fully saturated rings. The van der Waals surface area contributed by atoms with Crippen molar-refractivity contribution in [3.63, 3.8) is 0 Å². The fourth-order valence-corrected chi connectivity index (χ4v) is 2.82. The summed E-state index contributed by atoms with van der Waals surface area (Å²) in [5, 5.41) is 9.32. The Hall–Kier alpha value is -0.610. The third-order valence-corrected chi connectivity index (χ3v) is 4.71. The van der Waals surface area contributed by atoms with Crippen molar-refractivity contribution in [3.05, 3.63) is 0 Å². The summed E-state index contributed by atoms with van der Waals surface area (Å²) in [5.74, 6) is -0.690. The van der Waals surface area contributed by atoms with Crippen molar-refractivity contribution in [2.75, 3.05) is 34.2 Å². The van der Waals surface area contributed by atoms with Gasteiger partial charge in [0.1, 0.15) is 0 Å². The molecule has 1 aliphatic rings. The summed E-state index contributed by atoms with van der Waals surface area (Å²) >= 11 is 0. The van der Waals surface area contributed by atoms with E-state index in [1.165, 1.54) is 19.3 Å². The highest BCUT2D eigenvalue weighted by Crippen LogP contribution is 2.37. The monoisotopic (exact) mass is 256 g/mol. The summed E-state index contributed by atoms with van der Waals surface area (Å²) in [4.78, 5) is 15.8. The lowest BCUT2D eigenvalue weighted by atomic mass is 9.75. The van der Waals surface area contributed by atoms with Crippen LogP contribution in [0.2, 0.25) is 0 Å². The molecule has 1 unspecified atom stereocenters. The Balaban J connectivity index is 2.60. The van der Waals surface area contributed by atoms with Gasteiger partial charge in [0.2, 0.25) is 0 Å². The number of hydrogen-bond donors (Lipinski definition) is 1. The molecule has 1 rings (SSSR count). The maximum atomic E-state index is 11.3. The van der Waals surface area contributed by atoms with Crippen LogP contribution < -0.4 is 0 Å². The molecule has 0 aliphatic heterocycles. The molecular formula is C14H28N2O2. The Labute approximate surface area is 111 Å². The first kappa shape index (κ1) is 15.4. The zero-order valence-electron chi connectivity index (χ0n) is 12.5. The van der Waals surface area contributed by atoms with Gasteiger partial charge in [-0.3, -0.25) is 4.79 Å². The number of carboxylic acids is 1. The Kier molecular flexibility index (Phi) is 4.78. The first-order chi connectivity index (χ1) is 8.26. The van der Waals surface area contributed by atoms with Crippen LogP contribution in [0, 0.1) is 5.41 Å². The van der Waals surface area contributed by atoms with Crippen LogP contribution in [0.25, 0.3) is 0 Å². The lowest BCUT2D eigenvalue weighted by molar-refractivity contribution is -0.149. The molecule has 1 aliphatic carbocycles. The second-order valence-corrected chi connectivity index (χ2v) is 6.36. The Bertz CT molecular complexity index is 300. The zero-order chi connectivity index (χ0) is 14.0. The minimum Gasteiger partial charge on any atom is -0.481 e. The van der Waals surface area contributed by atoms with Gasteiger partial charge in [0, 0.05) is 18.6 Å². The van der Waals surface area contributed by atoms with Gasteiger partial charge in [-0.15, -0.1) is 0 Å². The van der Waals surface area contributed by atoms with E-state index in [4.69, 9.17) is 0 Å². The number of nitrogens with zero attached hydrogens (tertiary/aromatic N) is 2. The van der Waals surface area contributed by atoms with Crippen molar-refractivity contribution < 1.29 is 9.90 Å². The summed E-state index contributed by atoms with van der Waals surface area (Å²) in [7, 11) is 6.30. The summed E-state index contributed by atoms with van der Waals surface area (Å²) in [6.07, 6.45) is 4.40. The van der Waals surface area contributed by atoms with Crippen LogP contribution in [0.3, 0.4) is 0 Å². The molecule has 0 aromatic rings. The van der Waals surface area contributed by atoms with E-state index < -0.39 is 11.4 Å². The molecule has 0 bridgehead atoms. The molecule has 18 heavy (non-hydrogen) atoms. The Morgan fingerprint density at radius 3 is 2.17 bits per heavy atom. The highest BCUT2D eigenvalue weighted by atomic mass is 16.4. The van der Waals surface area contributed by atoms with Gasteiger partial charge in [0.05, 0.1) is 5.41 Å². The average molecular weight is 256 g/mol. The van der Waals surface area contributed by atoms with Crippen LogP contribution in [-0.2, 0) is 4.79 Å². The highest BCUT2D eigenvalue weighted by molar-refractivity contribution is 5.74. The highest BCUT2D eigenvalue weighted by Gasteiger charge is 2.41. The fourth-order valence-electron chi connectivity index (χ4n) is 2.82. The number of carbonyl (C=O) groups is 1. The van der Waals surface area contributed by atoms with E-state index in [1.54, 1.807) is 0 Å². The lowest BCUT2D eigenvalue weighted by Crippen LogP contribution is -2.57. The third-order valence-electron chi connectivity index (χ3n) is 4.71. The lowest BCUT2D eigenvalue weighted by Gasteiger charge is -2.50. The van der Waals surface area contributed by atoms with Crippen molar-refractivity contribution in [1.29, 1.82) is 0 Å². The predicted molar refractivity (Wildman–Crippen MR) is 73.8 cm³/mol. The number of hydrogen-bond acceptors (Lipinski definition) is 3.